The molecule has 0 heterocycles. The highest BCUT2D eigenvalue weighted by atomic mass is 16.3. The van der Waals surface area contributed by atoms with E-state index in [2.05, 4.69) is 12.2 Å². The van der Waals surface area contributed by atoms with E-state index in [0.29, 0.717) is 0 Å². The lowest BCUT2D eigenvalue weighted by Crippen LogP contribution is -2.53. The van der Waals surface area contributed by atoms with E-state index < -0.39 is 0 Å². The largest absolute Gasteiger partial charge is 0.394 e. The van der Waals surface area contributed by atoms with Gasteiger partial charge in [0.1, 0.15) is 0 Å². The van der Waals surface area contributed by atoms with Crippen LogP contribution in [0.2, 0.25) is 0 Å². The van der Waals surface area contributed by atoms with Crippen LogP contribution in [-0.2, 0) is 4.79 Å². The molecule has 2 aliphatic rings. The Labute approximate surface area is 91.2 Å². The molecule has 0 aromatic rings. The molecular weight excluding hydrogens is 190 g/mol. The van der Waals surface area contributed by atoms with Crippen molar-refractivity contribution in [3.05, 3.63) is 0 Å². The molecule has 3 nitrogen and oxygen atoms in total. The maximum Gasteiger partial charge on any atom is 0.223 e. The number of carbonyl (C=O) groups excluding carboxylic acids is 1. The zero-order chi connectivity index (χ0) is 10.9. The lowest BCUT2D eigenvalue weighted by Gasteiger charge is -2.38. The van der Waals surface area contributed by atoms with Crippen LogP contribution in [0.4, 0.5) is 0 Å². The minimum absolute atomic E-state index is 0.0954. The second kappa shape index (κ2) is 4.12. The van der Waals surface area contributed by atoms with Crippen molar-refractivity contribution in [1.82, 2.24) is 5.32 Å². The number of rotatable bonds is 3. The number of carbonyl (C=O) groups is 1. The summed E-state index contributed by atoms with van der Waals surface area (Å²) in [5, 5.41) is 12.5. The van der Waals surface area contributed by atoms with E-state index in [9.17, 15) is 9.90 Å². The average Bonchev–Trinajstić information content (AvgIpc) is 3.05. The molecule has 0 saturated heterocycles. The summed E-state index contributed by atoms with van der Waals surface area (Å²) in [5.41, 5.74) is -0.299. The number of aliphatic hydroxyl groups is 1. The van der Waals surface area contributed by atoms with Crippen LogP contribution >= 0.6 is 0 Å². The van der Waals surface area contributed by atoms with Crippen LogP contribution in [0.5, 0.6) is 0 Å². The Bertz CT molecular complexity index is 240. The van der Waals surface area contributed by atoms with Gasteiger partial charge in [-0.3, -0.25) is 4.79 Å². The van der Waals surface area contributed by atoms with Crippen molar-refractivity contribution in [1.29, 1.82) is 0 Å². The van der Waals surface area contributed by atoms with E-state index in [1.165, 1.54) is 0 Å². The molecule has 15 heavy (non-hydrogen) atoms. The van der Waals surface area contributed by atoms with Crippen LogP contribution in [0.15, 0.2) is 0 Å². The molecule has 0 aromatic carbocycles. The van der Waals surface area contributed by atoms with Crippen LogP contribution in [-0.4, -0.2) is 23.2 Å². The number of amides is 1. The van der Waals surface area contributed by atoms with Gasteiger partial charge in [-0.25, -0.2) is 0 Å². The number of hydrogen-bond acceptors (Lipinski definition) is 2. The van der Waals surface area contributed by atoms with Gasteiger partial charge in [-0.15, -0.1) is 0 Å². The summed E-state index contributed by atoms with van der Waals surface area (Å²) in [6, 6.07) is 0. The third kappa shape index (κ3) is 2.51. The molecule has 0 atom stereocenters. The molecule has 2 N–H and O–H groups in total. The van der Waals surface area contributed by atoms with Crippen LogP contribution in [0.25, 0.3) is 0 Å². The molecule has 2 aliphatic carbocycles. The summed E-state index contributed by atoms with van der Waals surface area (Å²) >= 11 is 0. The molecule has 2 fully saturated rings. The van der Waals surface area contributed by atoms with Crippen LogP contribution in [0.1, 0.15) is 45.4 Å². The summed E-state index contributed by atoms with van der Waals surface area (Å²) in [7, 11) is 0. The molecule has 0 bridgehead atoms. The topological polar surface area (TPSA) is 49.3 Å². The first kappa shape index (κ1) is 10.9. The molecule has 2 rings (SSSR count). The predicted octanol–water partition coefficient (Wildman–Crippen LogP) is 1.45. The van der Waals surface area contributed by atoms with Gasteiger partial charge in [-0.1, -0.05) is 6.92 Å². The first-order valence-electron chi connectivity index (χ1n) is 6.08. The fraction of sp³-hybridized carbons (Fsp3) is 0.917. The zero-order valence-electron chi connectivity index (χ0n) is 9.46. The molecule has 0 radical (unpaired) electrons. The predicted molar refractivity (Wildman–Crippen MR) is 58.3 cm³/mol. The molecule has 0 unspecified atom stereocenters. The van der Waals surface area contributed by atoms with Crippen molar-refractivity contribution in [3.63, 3.8) is 0 Å². The molecule has 2 saturated carbocycles. The Morgan fingerprint density at radius 2 is 1.93 bits per heavy atom. The second-order valence-electron chi connectivity index (χ2n) is 5.38. The molecular formula is C12H21NO2. The van der Waals surface area contributed by atoms with Gasteiger partial charge in [0, 0.05) is 5.92 Å². The van der Waals surface area contributed by atoms with Crippen molar-refractivity contribution in [3.8, 4) is 0 Å². The van der Waals surface area contributed by atoms with E-state index in [4.69, 9.17) is 0 Å². The Hall–Kier alpha value is -0.570. The van der Waals surface area contributed by atoms with Gasteiger partial charge in [0.05, 0.1) is 12.1 Å². The van der Waals surface area contributed by atoms with Gasteiger partial charge < -0.3 is 10.4 Å². The van der Waals surface area contributed by atoms with E-state index in [1.807, 2.05) is 0 Å². The highest BCUT2D eigenvalue weighted by Crippen LogP contribution is 2.34. The van der Waals surface area contributed by atoms with Crippen molar-refractivity contribution >= 4 is 5.91 Å². The monoisotopic (exact) mass is 211 g/mol. The van der Waals surface area contributed by atoms with Gasteiger partial charge in [-0.2, -0.15) is 0 Å². The molecule has 0 aromatic heterocycles. The second-order valence-corrected chi connectivity index (χ2v) is 5.38. The van der Waals surface area contributed by atoms with Crippen LogP contribution in [0, 0.1) is 11.8 Å². The highest BCUT2D eigenvalue weighted by Gasteiger charge is 2.39. The lowest BCUT2D eigenvalue weighted by molar-refractivity contribution is -0.125. The Balaban J connectivity index is 1.92. The summed E-state index contributed by atoms with van der Waals surface area (Å²) in [6.45, 7) is 2.34. The molecule has 1 amide bonds. The first-order chi connectivity index (χ1) is 7.15. The first-order valence-corrected chi connectivity index (χ1v) is 6.08. The smallest absolute Gasteiger partial charge is 0.223 e. The van der Waals surface area contributed by atoms with E-state index in [0.717, 1.165) is 44.4 Å². The number of nitrogens with one attached hydrogen (secondary N) is 1. The normalized spacial score (nSPS) is 36.3. The third-order valence-corrected chi connectivity index (χ3v) is 3.87. The van der Waals surface area contributed by atoms with E-state index in [1.54, 1.807) is 0 Å². The summed E-state index contributed by atoms with van der Waals surface area (Å²) in [6.07, 6.45) is 6.16. The standard InChI is InChI=1S/C12H21NO2/c1-9-4-6-12(8-14,7-5-9)13-11(15)10-2-3-10/h9-10,14H,2-8H2,1H3,(H,13,15). The van der Waals surface area contributed by atoms with Crippen LogP contribution in [0.3, 0.4) is 0 Å². The lowest BCUT2D eigenvalue weighted by atomic mass is 9.77. The Morgan fingerprint density at radius 1 is 1.33 bits per heavy atom. The number of aliphatic hydroxyl groups excluding tert-OH is 1. The molecule has 0 aliphatic heterocycles. The summed E-state index contributed by atoms with van der Waals surface area (Å²) < 4.78 is 0. The van der Waals surface area contributed by atoms with Gasteiger partial charge in [-0.05, 0) is 44.4 Å². The van der Waals surface area contributed by atoms with Crippen molar-refractivity contribution in [2.24, 2.45) is 11.8 Å². The minimum Gasteiger partial charge on any atom is -0.394 e. The quantitative estimate of drug-likeness (QED) is 0.742. The maximum atomic E-state index is 11.7. The van der Waals surface area contributed by atoms with Crippen LogP contribution < -0.4 is 5.32 Å². The fourth-order valence-electron chi connectivity index (χ4n) is 2.35. The van der Waals surface area contributed by atoms with E-state index >= 15 is 0 Å². The molecule has 3 heteroatoms. The summed E-state index contributed by atoms with van der Waals surface area (Å²) in [5.74, 6) is 1.15. The number of hydrogen-bond donors (Lipinski definition) is 2. The van der Waals surface area contributed by atoms with Gasteiger partial charge in [0.2, 0.25) is 5.91 Å². The van der Waals surface area contributed by atoms with Crippen molar-refractivity contribution < 1.29 is 9.90 Å². The van der Waals surface area contributed by atoms with Gasteiger partial charge in [0.25, 0.3) is 0 Å². The minimum atomic E-state index is -0.299. The molecule has 86 valence electrons. The average molecular weight is 211 g/mol. The summed E-state index contributed by atoms with van der Waals surface area (Å²) in [4.78, 5) is 11.7. The fourth-order valence-corrected chi connectivity index (χ4v) is 2.35. The van der Waals surface area contributed by atoms with Crippen molar-refractivity contribution in [2.75, 3.05) is 6.61 Å². The molecule has 0 spiro atoms. The van der Waals surface area contributed by atoms with E-state index in [-0.39, 0.29) is 24.0 Å². The maximum absolute atomic E-state index is 11.7. The van der Waals surface area contributed by atoms with Gasteiger partial charge in [0.15, 0.2) is 0 Å². The highest BCUT2D eigenvalue weighted by molar-refractivity contribution is 5.81. The Morgan fingerprint density at radius 3 is 2.40 bits per heavy atom. The Kier molecular flexibility index (Phi) is 3.01. The third-order valence-electron chi connectivity index (χ3n) is 3.87. The van der Waals surface area contributed by atoms with Gasteiger partial charge >= 0.3 is 0 Å². The SMILES string of the molecule is CC1CCC(CO)(NC(=O)C2CC2)CC1. The van der Waals surface area contributed by atoms with Crippen molar-refractivity contribution in [2.45, 2.75) is 51.0 Å². The zero-order valence-corrected chi connectivity index (χ0v) is 9.46.